The maximum Gasteiger partial charge on any atom is 0.222 e. The van der Waals surface area contributed by atoms with Crippen molar-refractivity contribution in [1.82, 2.24) is 4.90 Å². The molecule has 0 aromatic carbocycles. The van der Waals surface area contributed by atoms with E-state index in [2.05, 4.69) is 4.90 Å². The second-order valence-corrected chi connectivity index (χ2v) is 3.02. The maximum atomic E-state index is 10.8. The minimum atomic E-state index is -0.156. The van der Waals surface area contributed by atoms with Gasteiger partial charge in [0.15, 0.2) is 0 Å². The Kier molecular flexibility index (Phi) is 3.83. The summed E-state index contributed by atoms with van der Waals surface area (Å²) in [6.45, 7) is 3.04. The van der Waals surface area contributed by atoms with Crippen LogP contribution >= 0.6 is 12.4 Å². The number of halogens is 1. The number of primary amides is 1. The number of likely N-dealkylation sites (tertiary alicyclic amines) is 1. The highest BCUT2D eigenvalue weighted by atomic mass is 35.5. The third-order valence-corrected chi connectivity index (χ3v) is 2.44. The molecule has 0 saturated carbocycles. The molecule has 1 aliphatic rings. The van der Waals surface area contributed by atoms with Gasteiger partial charge in [0, 0.05) is 6.04 Å². The van der Waals surface area contributed by atoms with Crippen LogP contribution in [0.25, 0.3) is 0 Å². The topological polar surface area (TPSA) is 46.3 Å². The van der Waals surface area contributed by atoms with E-state index in [-0.39, 0.29) is 24.2 Å². The zero-order valence-electron chi connectivity index (χ0n) is 6.91. The van der Waals surface area contributed by atoms with Gasteiger partial charge in [-0.3, -0.25) is 4.79 Å². The second kappa shape index (κ2) is 3.93. The van der Waals surface area contributed by atoms with E-state index < -0.39 is 0 Å². The normalized spacial score (nSPS) is 31.5. The van der Waals surface area contributed by atoms with E-state index in [1.165, 1.54) is 0 Å². The molecule has 0 aromatic rings. The molecule has 4 heteroatoms. The summed E-state index contributed by atoms with van der Waals surface area (Å²) in [7, 11) is 2.02. The van der Waals surface area contributed by atoms with Gasteiger partial charge in [0.1, 0.15) is 0 Å². The Morgan fingerprint density at radius 3 is 2.36 bits per heavy atom. The summed E-state index contributed by atoms with van der Waals surface area (Å²) in [6.07, 6.45) is 0.924. The van der Waals surface area contributed by atoms with E-state index >= 15 is 0 Å². The van der Waals surface area contributed by atoms with Crippen LogP contribution in [0.3, 0.4) is 0 Å². The molecule has 1 saturated heterocycles. The molecule has 0 bridgehead atoms. The number of nitrogens with two attached hydrogens (primary N) is 1. The van der Waals surface area contributed by atoms with E-state index in [1.807, 2.05) is 14.0 Å². The van der Waals surface area contributed by atoms with Crippen molar-refractivity contribution in [2.75, 3.05) is 13.6 Å². The van der Waals surface area contributed by atoms with Gasteiger partial charge in [-0.25, -0.2) is 0 Å². The molecule has 0 aliphatic carbocycles. The fourth-order valence-corrected chi connectivity index (χ4v) is 1.47. The molecule has 1 aliphatic heterocycles. The van der Waals surface area contributed by atoms with Gasteiger partial charge in [0.25, 0.3) is 0 Å². The number of nitrogens with zero attached hydrogens (tertiary/aromatic N) is 1. The van der Waals surface area contributed by atoms with Crippen LogP contribution in [-0.4, -0.2) is 30.4 Å². The first-order valence-electron chi connectivity index (χ1n) is 3.62. The number of carbonyl (C=O) groups excluding carboxylic acids is 1. The third-order valence-electron chi connectivity index (χ3n) is 2.44. The molecule has 66 valence electrons. The Hall–Kier alpha value is -0.280. The molecule has 2 unspecified atom stereocenters. The minimum Gasteiger partial charge on any atom is -0.369 e. The van der Waals surface area contributed by atoms with Crippen molar-refractivity contribution in [1.29, 1.82) is 0 Å². The molecule has 0 radical (unpaired) electrons. The highest BCUT2D eigenvalue weighted by Crippen LogP contribution is 2.21. The van der Waals surface area contributed by atoms with Crippen molar-refractivity contribution >= 4 is 18.3 Å². The first-order chi connectivity index (χ1) is 4.63. The number of carbonyl (C=O) groups is 1. The van der Waals surface area contributed by atoms with Crippen molar-refractivity contribution in [3.05, 3.63) is 0 Å². The Labute approximate surface area is 73.3 Å². The number of hydrogen-bond donors (Lipinski definition) is 1. The van der Waals surface area contributed by atoms with Gasteiger partial charge >= 0.3 is 0 Å². The standard InChI is InChI=1S/C7H14N2O.ClH/c1-5-6(7(8)10)3-4-9(5)2;/h5-6H,3-4H2,1-2H3,(H2,8,10);1H. The number of rotatable bonds is 1. The fraction of sp³-hybridized carbons (Fsp3) is 0.857. The zero-order chi connectivity index (χ0) is 7.72. The van der Waals surface area contributed by atoms with E-state index in [1.54, 1.807) is 0 Å². The third kappa shape index (κ3) is 2.07. The molecule has 2 atom stereocenters. The number of amides is 1. The fourth-order valence-electron chi connectivity index (χ4n) is 1.47. The predicted molar refractivity (Wildman–Crippen MR) is 46.6 cm³/mol. The first-order valence-corrected chi connectivity index (χ1v) is 3.62. The van der Waals surface area contributed by atoms with Gasteiger partial charge in [-0.05, 0) is 26.9 Å². The van der Waals surface area contributed by atoms with Crippen molar-refractivity contribution in [2.24, 2.45) is 11.7 Å². The summed E-state index contributed by atoms with van der Waals surface area (Å²) in [6, 6.07) is 0.331. The van der Waals surface area contributed by atoms with E-state index in [0.717, 1.165) is 13.0 Å². The average molecular weight is 179 g/mol. The Balaban J connectivity index is 0.000001000. The Morgan fingerprint density at radius 1 is 1.64 bits per heavy atom. The lowest BCUT2D eigenvalue weighted by Crippen LogP contribution is -2.33. The first kappa shape index (κ1) is 10.7. The quantitative estimate of drug-likeness (QED) is 0.625. The van der Waals surface area contributed by atoms with Crippen LogP contribution < -0.4 is 5.73 Å². The van der Waals surface area contributed by atoms with E-state index in [0.29, 0.717) is 6.04 Å². The highest BCUT2D eigenvalue weighted by molar-refractivity contribution is 5.85. The second-order valence-electron chi connectivity index (χ2n) is 3.02. The van der Waals surface area contributed by atoms with Gasteiger partial charge in [0.2, 0.25) is 5.91 Å². The van der Waals surface area contributed by atoms with E-state index in [4.69, 9.17) is 5.73 Å². The molecule has 0 aromatic heterocycles. The van der Waals surface area contributed by atoms with Crippen molar-refractivity contribution in [3.63, 3.8) is 0 Å². The van der Waals surface area contributed by atoms with Crippen molar-refractivity contribution < 1.29 is 4.79 Å². The predicted octanol–water partition coefficient (Wildman–Crippen LogP) is 0.234. The SMILES string of the molecule is CC1C(C(N)=O)CCN1C.Cl. The molecular formula is C7H15ClN2O. The summed E-state index contributed by atoms with van der Waals surface area (Å²) in [4.78, 5) is 12.9. The lowest BCUT2D eigenvalue weighted by Gasteiger charge is -2.17. The Bertz CT molecular complexity index is 151. The summed E-state index contributed by atoms with van der Waals surface area (Å²) >= 11 is 0. The van der Waals surface area contributed by atoms with Gasteiger partial charge in [-0.15, -0.1) is 12.4 Å². The van der Waals surface area contributed by atoms with Crippen LogP contribution in [0, 0.1) is 5.92 Å². The van der Waals surface area contributed by atoms with Crippen LogP contribution in [0.5, 0.6) is 0 Å². The summed E-state index contributed by atoms with van der Waals surface area (Å²) in [5.74, 6) is -0.0816. The molecule has 0 spiro atoms. The molecular weight excluding hydrogens is 164 g/mol. The Morgan fingerprint density at radius 2 is 2.18 bits per heavy atom. The van der Waals surface area contributed by atoms with Crippen molar-refractivity contribution in [2.45, 2.75) is 19.4 Å². The van der Waals surface area contributed by atoms with Crippen LogP contribution in [0.2, 0.25) is 0 Å². The van der Waals surface area contributed by atoms with Gasteiger partial charge in [-0.2, -0.15) is 0 Å². The lowest BCUT2D eigenvalue weighted by molar-refractivity contribution is -0.122. The van der Waals surface area contributed by atoms with Gasteiger partial charge < -0.3 is 10.6 Å². The maximum absolute atomic E-state index is 10.8. The minimum absolute atomic E-state index is 0. The van der Waals surface area contributed by atoms with Crippen LogP contribution in [0.4, 0.5) is 0 Å². The summed E-state index contributed by atoms with van der Waals surface area (Å²) < 4.78 is 0. The monoisotopic (exact) mass is 178 g/mol. The molecule has 1 fully saturated rings. The number of hydrogen-bond acceptors (Lipinski definition) is 2. The van der Waals surface area contributed by atoms with Gasteiger partial charge in [-0.1, -0.05) is 0 Å². The van der Waals surface area contributed by atoms with Gasteiger partial charge in [0.05, 0.1) is 5.92 Å². The lowest BCUT2D eigenvalue weighted by atomic mass is 10.0. The smallest absolute Gasteiger partial charge is 0.222 e. The molecule has 3 nitrogen and oxygen atoms in total. The molecule has 11 heavy (non-hydrogen) atoms. The van der Waals surface area contributed by atoms with Crippen LogP contribution in [0.15, 0.2) is 0 Å². The molecule has 1 amide bonds. The molecule has 1 rings (SSSR count). The van der Waals surface area contributed by atoms with Crippen LogP contribution in [-0.2, 0) is 4.79 Å². The molecule has 2 N–H and O–H groups in total. The largest absolute Gasteiger partial charge is 0.369 e. The van der Waals surface area contributed by atoms with E-state index in [9.17, 15) is 4.79 Å². The van der Waals surface area contributed by atoms with Crippen LogP contribution in [0.1, 0.15) is 13.3 Å². The summed E-state index contributed by atoms with van der Waals surface area (Å²) in [5, 5.41) is 0. The highest BCUT2D eigenvalue weighted by Gasteiger charge is 2.31. The average Bonchev–Trinajstić information content (AvgIpc) is 2.14. The molecule has 1 heterocycles. The zero-order valence-corrected chi connectivity index (χ0v) is 7.73. The summed E-state index contributed by atoms with van der Waals surface area (Å²) in [5.41, 5.74) is 5.18. The van der Waals surface area contributed by atoms with Crippen molar-refractivity contribution in [3.8, 4) is 0 Å².